The number of esters is 1. The number of hydrogen-bond donors (Lipinski definition) is 0. The first-order valence-electron chi connectivity index (χ1n) is 4.15. The van der Waals surface area contributed by atoms with Crippen LogP contribution in [0.25, 0.3) is 0 Å². The Morgan fingerprint density at radius 3 is 2.64 bits per heavy atom. The summed E-state index contributed by atoms with van der Waals surface area (Å²) in [5.41, 5.74) is 1.10. The zero-order valence-corrected chi connectivity index (χ0v) is 8.40. The summed E-state index contributed by atoms with van der Waals surface area (Å²) in [7, 11) is 2.98. The Hall–Kier alpha value is -1.65. The summed E-state index contributed by atoms with van der Waals surface area (Å²) >= 11 is 0. The van der Waals surface area contributed by atoms with E-state index in [1.165, 1.54) is 7.11 Å². The maximum atomic E-state index is 11.5. The number of ether oxygens (including phenoxy) is 1. The zero-order chi connectivity index (χ0) is 10.7. The number of methoxy groups -OCH3 is 1. The normalized spacial score (nSPS) is 9.93. The smallest absolute Gasteiger partial charge is 0.313 e. The van der Waals surface area contributed by atoms with Crippen LogP contribution < -0.4 is 0 Å². The number of Topliss-reactive ketones (excluding diaryl/α,β-unsaturated/α-hetero) is 1. The van der Waals surface area contributed by atoms with E-state index < -0.39 is 5.97 Å². The van der Waals surface area contributed by atoms with Crippen molar-refractivity contribution >= 4 is 11.8 Å². The van der Waals surface area contributed by atoms with E-state index in [-0.39, 0.29) is 12.2 Å². The Bertz CT molecular complexity index is 368. The van der Waals surface area contributed by atoms with Gasteiger partial charge >= 0.3 is 5.97 Å². The molecule has 5 nitrogen and oxygen atoms in total. The molecule has 0 spiro atoms. The van der Waals surface area contributed by atoms with Gasteiger partial charge in [0.15, 0.2) is 5.78 Å². The molecule has 0 amide bonds. The van der Waals surface area contributed by atoms with Gasteiger partial charge in [0, 0.05) is 13.2 Å². The Balaban J connectivity index is 2.79. The summed E-state index contributed by atoms with van der Waals surface area (Å²) in [5, 5.41) is 3.96. The highest BCUT2D eigenvalue weighted by Crippen LogP contribution is 2.07. The van der Waals surface area contributed by atoms with Crippen LogP contribution in [-0.2, 0) is 16.6 Å². The zero-order valence-electron chi connectivity index (χ0n) is 8.40. The van der Waals surface area contributed by atoms with E-state index in [0.717, 1.165) is 5.56 Å². The number of ketones is 1. The first kappa shape index (κ1) is 10.4. The molecule has 0 aliphatic heterocycles. The van der Waals surface area contributed by atoms with E-state index in [4.69, 9.17) is 0 Å². The molecule has 0 fully saturated rings. The second-order valence-corrected chi connectivity index (χ2v) is 3.01. The molecule has 0 aromatic carbocycles. The standard InChI is InChI=1S/C9H12N2O3/c1-6-5-11(2)10-9(6)7(12)4-8(13)14-3/h5H,4H2,1-3H3. The number of rotatable bonds is 3. The van der Waals surface area contributed by atoms with Crippen LogP contribution in [0, 0.1) is 6.92 Å². The minimum absolute atomic E-state index is 0.256. The third-order valence-electron chi connectivity index (χ3n) is 1.81. The maximum absolute atomic E-state index is 11.5. The SMILES string of the molecule is COC(=O)CC(=O)c1nn(C)cc1C. The lowest BCUT2D eigenvalue weighted by Gasteiger charge is -1.96. The molecule has 0 N–H and O–H groups in total. The maximum Gasteiger partial charge on any atom is 0.313 e. The van der Waals surface area contributed by atoms with Gasteiger partial charge in [-0.1, -0.05) is 0 Å². The average Bonchev–Trinajstić information content (AvgIpc) is 2.45. The molecule has 14 heavy (non-hydrogen) atoms. The van der Waals surface area contributed by atoms with Gasteiger partial charge in [0.2, 0.25) is 0 Å². The van der Waals surface area contributed by atoms with Gasteiger partial charge in [-0.15, -0.1) is 0 Å². The molecule has 0 aliphatic rings. The molecule has 0 bridgehead atoms. The van der Waals surface area contributed by atoms with Gasteiger partial charge in [-0.25, -0.2) is 0 Å². The van der Waals surface area contributed by atoms with Crippen molar-refractivity contribution < 1.29 is 14.3 Å². The average molecular weight is 196 g/mol. The summed E-state index contributed by atoms with van der Waals surface area (Å²) in [6, 6.07) is 0. The minimum Gasteiger partial charge on any atom is -0.469 e. The van der Waals surface area contributed by atoms with Gasteiger partial charge in [-0.2, -0.15) is 5.10 Å². The Morgan fingerprint density at radius 1 is 1.57 bits per heavy atom. The molecule has 1 aromatic heterocycles. The van der Waals surface area contributed by atoms with Crippen LogP contribution >= 0.6 is 0 Å². The number of aromatic nitrogens is 2. The monoisotopic (exact) mass is 196 g/mol. The molecular weight excluding hydrogens is 184 g/mol. The van der Waals surface area contributed by atoms with Gasteiger partial charge in [-0.3, -0.25) is 14.3 Å². The van der Waals surface area contributed by atoms with Crippen LogP contribution in [-0.4, -0.2) is 28.6 Å². The van der Waals surface area contributed by atoms with E-state index in [2.05, 4.69) is 9.84 Å². The van der Waals surface area contributed by atoms with Crippen molar-refractivity contribution in [1.82, 2.24) is 9.78 Å². The van der Waals surface area contributed by atoms with Crippen molar-refractivity contribution in [1.29, 1.82) is 0 Å². The van der Waals surface area contributed by atoms with Gasteiger partial charge in [0.05, 0.1) is 7.11 Å². The highest BCUT2D eigenvalue weighted by Gasteiger charge is 2.16. The number of aryl methyl sites for hydroxylation is 2. The molecule has 0 saturated carbocycles. The van der Waals surface area contributed by atoms with Crippen molar-refractivity contribution in [3.05, 3.63) is 17.5 Å². The molecule has 0 saturated heterocycles. The quantitative estimate of drug-likeness (QED) is 0.400. The minimum atomic E-state index is -0.542. The molecule has 1 rings (SSSR count). The van der Waals surface area contributed by atoms with Crippen LogP contribution in [0.2, 0.25) is 0 Å². The molecule has 0 unspecified atom stereocenters. The fraction of sp³-hybridized carbons (Fsp3) is 0.444. The summed E-state index contributed by atoms with van der Waals surface area (Å²) in [6.07, 6.45) is 1.47. The Labute approximate surface area is 81.7 Å². The Morgan fingerprint density at radius 2 is 2.21 bits per heavy atom. The van der Waals surface area contributed by atoms with Crippen molar-refractivity contribution in [2.75, 3.05) is 7.11 Å². The van der Waals surface area contributed by atoms with Crippen LogP contribution in [0.5, 0.6) is 0 Å². The first-order chi connectivity index (χ1) is 6.54. The van der Waals surface area contributed by atoms with Crippen LogP contribution in [0.15, 0.2) is 6.20 Å². The topological polar surface area (TPSA) is 61.2 Å². The molecule has 0 radical (unpaired) electrons. The number of carbonyl (C=O) groups is 2. The number of carbonyl (C=O) groups excluding carboxylic acids is 2. The van der Waals surface area contributed by atoms with Crippen molar-refractivity contribution in [3.8, 4) is 0 Å². The van der Waals surface area contributed by atoms with Gasteiger partial charge in [-0.05, 0) is 12.5 Å². The van der Waals surface area contributed by atoms with Crippen LogP contribution in [0.4, 0.5) is 0 Å². The molecule has 5 heteroatoms. The second kappa shape index (κ2) is 4.04. The number of hydrogen-bond acceptors (Lipinski definition) is 4. The molecule has 76 valence electrons. The van der Waals surface area contributed by atoms with Crippen LogP contribution in [0.3, 0.4) is 0 Å². The lowest BCUT2D eigenvalue weighted by atomic mass is 10.1. The van der Waals surface area contributed by atoms with Crippen LogP contribution in [0.1, 0.15) is 22.5 Å². The van der Waals surface area contributed by atoms with E-state index in [1.807, 2.05) is 0 Å². The molecular formula is C9H12N2O3. The van der Waals surface area contributed by atoms with E-state index in [0.29, 0.717) is 5.69 Å². The van der Waals surface area contributed by atoms with Gasteiger partial charge in [0.1, 0.15) is 12.1 Å². The van der Waals surface area contributed by atoms with Crippen molar-refractivity contribution in [2.45, 2.75) is 13.3 Å². The van der Waals surface area contributed by atoms with E-state index in [9.17, 15) is 9.59 Å². The molecule has 1 heterocycles. The molecule has 1 aromatic rings. The second-order valence-electron chi connectivity index (χ2n) is 3.01. The lowest BCUT2D eigenvalue weighted by molar-refractivity contribution is -0.139. The van der Waals surface area contributed by atoms with Crippen molar-refractivity contribution in [2.24, 2.45) is 7.05 Å². The fourth-order valence-electron chi connectivity index (χ4n) is 1.17. The van der Waals surface area contributed by atoms with E-state index >= 15 is 0 Å². The predicted molar refractivity (Wildman–Crippen MR) is 48.9 cm³/mol. The predicted octanol–water partition coefficient (Wildman–Crippen LogP) is 0.474. The number of nitrogens with zero attached hydrogens (tertiary/aromatic N) is 2. The van der Waals surface area contributed by atoms with Gasteiger partial charge in [0.25, 0.3) is 0 Å². The lowest BCUT2D eigenvalue weighted by Crippen LogP contribution is -2.11. The third kappa shape index (κ3) is 2.18. The van der Waals surface area contributed by atoms with E-state index in [1.54, 1.807) is 24.9 Å². The van der Waals surface area contributed by atoms with Crippen molar-refractivity contribution in [3.63, 3.8) is 0 Å². The largest absolute Gasteiger partial charge is 0.469 e. The summed E-state index contributed by atoms with van der Waals surface area (Å²) in [5.74, 6) is -0.852. The summed E-state index contributed by atoms with van der Waals surface area (Å²) in [4.78, 5) is 22.3. The van der Waals surface area contributed by atoms with Gasteiger partial charge < -0.3 is 4.74 Å². The Kier molecular flexibility index (Phi) is 3.01. The molecule has 0 aliphatic carbocycles. The highest BCUT2D eigenvalue weighted by atomic mass is 16.5. The first-order valence-corrected chi connectivity index (χ1v) is 4.15. The summed E-state index contributed by atoms with van der Waals surface area (Å²) < 4.78 is 5.94. The summed E-state index contributed by atoms with van der Waals surface area (Å²) in [6.45, 7) is 1.78. The third-order valence-corrected chi connectivity index (χ3v) is 1.81. The fourth-order valence-corrected chi connectivity index (χ4v) is 1.17. The highest BCUT2D eigenvalue weighted by molar-refractivity contribution is 6.05. The molecule has 0 atom stereocenters.